The van der Waals surface area contributed by atoms with Crippen LogP contribution in [0.1, 0.15) is 6.42 Å². The van der Waals surface area contributed by atoms with Gasteiger partial charge in [0.2, 0.25) is 11.8 Å². The van der Waals surface area contributed by atoms with Gasteiger partial charge in [-0.2, -0.15) is 13.2 Å². The lowest BCUT2D eigenvalue weighted by Crippen LogP contribution is -2.31. The Morgan fingerprint density at radius 1 is 1.17 bits per heavy atom. The van der Waals surface area contributed by atoms with Gasteiger partial charge in [0.05, 0.1) is 22.8 Å². The summed E-state index contributed by atoms with van der Waals surface area (Å²) in [7, 11) is 0. The van der Waals surface area contributed by atoms with Gasteiger partial charge in [-0.1, -0.05) is 12.1 Å². The minimum Gasteiger partial charge on any atom is -0.468 e. The number of nitrogens with one attached hydrogen (secondary N) is 2. The van der Waals surface area contributed by atoms with Crippen molar-refractivity contribution in [3.63, 3.8) is 0 Å². The minimum atomic E-state index is -4.47. The fourth-order valence-corrected chi connectivity index (χ4v) is 2.60. The third kappa shape index (κ3) is 5.21. The summed E-state index contributed by atoms with van der Waals surface area (Å²) in [5.41, 5.74) is -0.477. The smallest absolute Gasteiger partial charge is 0.422 e. The zero-order valence-electron chi connectivity index (χ0n) is 14.8. The molecule has 0 aliphatic rings. The molecule has 8 nitrogen and oxygen atoms in total. The van der Waals surface area contributed by atoms with Gasteiger partial charge in [0.1, 0.15) is 0 Å². The normalized spacial score (nSPS) is 11.4. The van der Waals surface area contributed by atoms with Crippen LogP contribution in [0.3, 0.4) is 0 Å². The molecule has 0 bridgehead atoms. The van der Waals surface area contributed by atoms with Crippen molar-refractivity contribution in [3.05, 3.63) is 63.4 Å². The van der Waals surface area contributed by atoms with Crippen molar-refractivity contribution >= 4 is 22.5 Å². The topological polar surface area (TPSA) is 106 Å². The van der Waals surface area contributed by atoms with E-state index in [0.29, 0.717) is 10.9 Å². The number of hydrogen-bond acceptors (Lipinski definition) is 5. The standard InChI is InChI=1S/C18H15F3N4O4/c19-18(20,21)10-29-15-6-5-11(9-22-15)23-14(26)7-8-25-13-4-2-1-3-12(13)16(27)24-17(25)28/h1-6,9H,7-8,10H2,(H,23,26)(H,24,27,28). The average Bonchev–Trinajstić information content (AvgIpc) is 2.66. The molecule has 29 heavy (non-hydrogen) atoms. The molecule has 0 saturated carbocycles. The molecule has 0 fully saturated rings. The van der Waals surface area contributed by atoms with Gasteiger partial charge in [-0.05, 0) is 18.2 Å². The van der Waals surface area contributed by atoms with Gasteiger partial charge in [-0.25, -0.2) is 9.78 Å². The van der Waals surface area contributed by atoms with E-state index >= 15 is 0 Å². The number of rotatable bonds is 6. The molecule has 3 rings (SSSR count). The van der Waals surface area contributed by atoms with Crippen molar-refractivity contribution in [1.82, 2.24) is 14.5 Å². The molecule has 0 saturated heterocycles. The van der Waals surface area contributed by atoms with Gasteiger partial charge in [0.25, 0.3) is 5.56 Å². The van der Waals surface area contributed by atoms with Crippen molar-refractivity contribution in [2.75, 3.05) is 11.9 Å². The van der Waals surface area contributed by atoms with E-state index in [-0.39, 0.29) is 24.5 Å². The number of amides is 1. The van der Waals surface area contributed by atoms with Gasteiger partial charge >= 0.3 is 11.9 Å². The molecule has 1 amide bonds. The van der Waals surface area contributed by atoms with E-state index in [1.807, 2.05) is 0 Å². The van der Waals surface area contributed by atoms with E-state index in [1.54, 1.807) is 24.3 Å². The predicted molar refractivity (Wildman–Crippen MR) is 97.9 cm³/mol. The maximum absolute atomic E-state index is 12.1. The van der Waals surface area contributed by atoms with E-state index in [1.165, 1.54) is 16.7 Å². The molecule has 0 aliphatic carbocycles. The van der Waals surface area contributed by atoms with E-state index in [2.05, 4.69) is 20.0 Å². The van der Waals surface area contributed by atoms with Crippen molar-refractivity contribution in [2.24, 2.45) is 0 Å². The number of benzene rings is 1. The van der Waals surface area contributed by atoms with Crippen molar-refractivity contribution in [1.29, 1.82) is 0 Å². The minimum absolute atomic E-state index is 0.0160. The van der Waals surface area contributed by atoms with Crippen LogP contribution in [0.15, 0.2) is 52.2 Å². The first kappa shape index (κ1) is 20.1. The first-order chi connectivity index (χ1) is 13.7. The molecule has 11 heteroatoms. The molecular weight excluding hydrogens is 393 g/mol. The lowest BCUT2D eigenvalue weighted by Gasteiger charge is -2.10. The Balaban J connectivity index is 1.63. The van der Waals surface area contributed by atoms with Gasteiger partial charge in [0, 0.05) is 19.0 Å². The van der Waals surface area contributed by atoms with E-state index < -0.39 is 29.9 Å². The molecule has 2 N–H and O–H groups in total. The van der Waals surface area contributed by atoms with Gasteiger partial charge < -0.3 is 10.1 Å². The second-order valence-corrected chi connectivity index (χ2v) is 6.02. The number of halogens is 3. The lowest BCUT2D eigenvalue weighted by molar-refractivity contribution is -0.154. The van der Waals surface area contributed by atoms with Crippen LogP contribution in [-0.2, 0) is 11.3 Å². The highest BCUT2D eigenvalue weighted by Crippen LogP contribution is 2.18. The lowest BCUT2D eigenvalue weighted by atomic mass is 10.2. The second-order valence-electron chi connectivity index (χ2n) is 6.02. The van der Waals surface area contributed by atoms with Crippen LogP contribution in [0, 0.1) is 0 Å². The fraction of sp³-hybridized carbons (Fsp3) is 0.222. The summed E-state index contributed by atoms with van der Waals surface area (Å²) in [5, 5.41) is 2.85. The number of fused-ring (bicyclic) bond motifs is 1. The second kappa shape index (κ2) is 8.17. The van der Waals surface area contributed by atoms with Crippen molar-refractivity contribution < 1.29 is 22.7 Å². The van der Waals surface area contributed by atoms with Crippen LogP contribution in [-0.4, -0.2) is 33.2 Å². The Morgan fingerprint density at radius 3 is 2.62 bits per heavy atom. The van der Waals surface area contributed by atoms with Crippen LogP contribution < -0.4 is 21.3 Å². The molecule has 1 aromatic carbocycles. The third-order valence-electron chi connectivity index (χ3n) is 3.87. The first-order valence-electron chi connectivity index (χ1n) is 8.40. The summed E-state index contributed by atoms with van der Waals surface area (Å²) in [6.07, 6.45) is -3.40. The zero-order chi connectivity index (χ0) is 21.0. The first-order valence-corrected chi connectivity index (χ1v) is 8.40. The Hall–Kier alpha value is -3.63. The Bertz CT molecular complexity index is 1140. The number of hydrogen-bond donors (Lipinski definition) is 2. The third-order valence-corrected chi connectivity index (χ3v) is 3.87. The maximum Gasteiger partial charge on any atom is 0.422 e. The van der Waals surface area contributed by atoms with Crippen LogP contribution >= 0.6 is 0 Å². The highest BCUT2D eigenvalue weighted by Gasteiger charge is 2.28. The summed E-state index contributed by atoms with van der Waals surface area (Å²) < 4.78 is 42.1. The number of carbonyl (C=O) groups excluding carboxylic acids is 1. The number of H-pyrrole nitrogens is 1. The molecule has 0 atom stereocenters. The van der Waals surface area contributed by atoms with Crippen LogP contribution in [0.2, 0.25) is 0 Å². The Kier molecular flexibility index (Phi) is 5.66. The van der Waals surface area contributed by atoms with Crippen LogP contribution in [0.4, 0.5) is 18.9 Å². The zero-order valence-corrected chi connectivity index (χ0v) is 14.8. The summed E-state index contributed by atoms with van der Waals surface area (Å²) in [4.78, 5) is 41.9. The van der Waals surface area contributed by atoms with Gasteiger partial charge in [0.15, 0.2) is 6.61 Å². The van der Waals surface area contributed by atoms with Gasteiger partial charge in [-0.3, -0.25) is 19.1 Å². The molecular formula is C18H15F3N4O4. The van der Waals surface area contributed by atoms with E-state index in [9.17, 15) is 27.6 Å². The average molecular weight is 408 g/mol. The number of pyridine rings is 1. The van der Waals surface area contributed by atoms with Crippen LogP contribution in [0.5, 0.6) is 5.88 Å². The van der Waals surface area contributed by atoms with Gasteiger partial charge in [-0.15, -0.1) is 0 Å². The molecule has 152 valence electrons. The molecule has 2 aromatic heterocycles. The predicted octanol–water partition coefficient (Wildman–Crippen LogP) is 2.05. The number of alkyl halides is 3. The van der Waals surface area contributed by atoms with Crippen molar-refractivity contribution in [3.8, 4) is 5.88 Å². The number of ether oxygens (including phenoxy) is 1. The molecule has 0 radical (unpaired) electrons. The highest BCUT2D eigenvalue weighted by atomic mass is 19.4. The quantitative estimate of drug-likeness (QED) is 0.650. The summed E-state index contributed by atoms with van der Waals surface area (Å²) >= 11 is 0. The molecule has 3 aromatic rings. The molecule has 0 unspecified atom stereocenters. The summed E-state index contributed by atoms with van der Waals surface area (Å²) in [5.74, 6) is -0.676. The maximum atomic E-state index is 12.1. The summed E-state index contributed by atoms with van der Waals surface area (Å²) in [6, 6.07) is 9.05. The molecule has 0 aliphatic heterocycles. The molecule has 2 heterocycles. The number of aromatic nitrogens is 3. The number of aryl methyl sites for hydroxylation is 1. The van der Waals surface area contributed by atoms with E-state index in [4.69, 9.17) is 0 Å². The van der Waals surface area contributed by atoms with E-state index in [0.717, 1.165) is 6.20 Å². The largest absolute Gasteiger partial charge is 0.468 e. The molecule has 0 spiro atoms. The summed E-state index contributed by atoms with van der Waals surface area (Å²) in [6.45, 7) is -1.45. The fourth-order valence-electron chi connectivity index (χ4n) is 2.60. The number of para-hydroxylation sites is 1. The highest BCUT2D eigenvalue weighted by molar-refractivity contribution is 5.90. The van der Waals surface area contributed by atoms with Crippen molar-refractivity contribution in [2.45, 2.75) is 19.1 Å². The monoisotopic (exact) mass is 408 g/mol. The Morgan fingerprint density at radius 2 is 1.93 bits per heavy atom. The number of carbonyl (C=O) groups is 1. The Labute approximate surface area is 161 Å². The van der Waals surface area contributed by atoms with Crippen LogP contribution in [0.25, 0.3) is 10.9 Å². The SMILES string of the molecule is O=C(CCn1c(=O)[nH]c(=O)c2ccccc21)Nc1ccc(OCC(F)(F)F)nc1. The number of aromatic amines is 1. The number of nitrogens with zero attached hydrogens (tertiary/aromatic N) is 2. The number of anilines is 1.